The van der Waals surface area contributed by atoms with Crippen LogP contribution in [0.5, 0.6) is 0 Å². The van der Waals surface area contributed by atoms with Gasteiger partial charge >= 0.3 is 0 Å². The molecule has 0 aliphatic heterocycles. The molecule has 0 saturated heterocycles. The number of sulfone groups is 1. The van der Waals surface area contributed by atoms with Crippen molar-refractivity contribution < 1.29 is 18.3 Å². The van der Waals surface area contributed by atoms with Gasteiger partial charge in [-0.05, 0) is 0 Å². The zero-order valence-electron chi connectivity index (χ0n) is 5.23. The Morgan fingerprint density at radius 2 is 1.40 bits per heavy atom. The number of rotatable bonds is 2. The molecule has 58 valence electrons. The van der Waals surface area contributed by atoms with Crippen LogP contribution in [-0.4, -0.2) is 20.0 Å². The van der Waals surface area contributed by atoms with Crippen LogP contribution in [0.4, 0.5) is 0 Å². The summed E-state index contributed by atoms with van der Waals surface area (Å²) in [4.78, 5) is 8.36. The highest BCUT2D eigenvalue weighted by Gasteiger charge is 1.90. The van der Waals surface area contributed by atoms with Crippen molar-refractivity contribution in [2.24, 2.45) is 0 Å². The van der Waals surface area contributed by atoms with Crippen molar-refractivity contribution in [1.82, 2.24) is 0 Å². The topological polar surface area (TPSA) is 71.4 Å². The van der Waals surface area contributed by atoms with Gasteiger partial charge in [0, 0.05) is 10.8 Å². The molecule has 0 amide bonds. The summed E-state index contributed by atoms with van der Waals surface area (Å²) in [5.41, 5.74) is 0. The molecule has 0 rings (SSSR count). The van der Waals surface area contributed by atoms with Crippen molar-refractivity contribution in [2.45, 2.75) is 0 Å². The van der Waals surface area contributed by atoms with Gasteiger partial charge in [-0.1, -0.05) is 13.2 Å². The maximum atomic E-state index is 10.1. The van der Waals surface area contributed by atoms with Crippen molar-refractivity contribution in [3.8, 4) is 0 Å². The standard InChI is InChI=1S/C4H6O2S.CH2O2/c1-3-7(5,6)4-2;2-1-3/h3-4H,1-2H2;1H,(H,2,3). The highest BCUT2D eigenvalue weighted by Crippen LogP contribution is 1.87. The molecular weight excluding hydrogens is 156 g/mol. The Hall–Kier alpha value is -1.10. The molecule has 0 aliphatic carbocycles. The van der Waals surface area contributed by atoms with E-state index in [1.54, 1.807) is 0 Å². The molecule has 0 aromatic rings. The monoisotopic (exact) mass is 164 g/mol. The predicted octanol–water partition coefficient (Wildman–Crippen LogP) is 0.389. The maximum Gasteiger partial charge on any atom is 0.290 e. The lowest BCUT2D eigenvalue weighted by molar-refractivity contribution is -0.122. The summed E-state index contributed by atoms with van der Waals surface area (Å²) >= 11 is 0. The largest absolute Gasteiger partial charge is 0.483 e. The molecule has 0 aliphatic rings. The Balaban J connectivity index is 0. The number of carboxylic acid groups (broad SMARTS) is 1. The van der Waals surface area contributed by atoms with Gasteiger partial charge < -0.3 is 5.11 Å². The first-order valence-electron chi connectivity index (χ1n) is 2.12. The van der Waals surface area contributed by atoms with Crippen LogP contribution in [0.15, 0.2) is 24.0 Å². The zero-order valence-corrected chi connectivity index (χ0v) is 6.04. The van der Waals surface area contributed by atoms with Crippen LogP contribution >= 0.6 is 0 Å². The van der Waals surface area contributed by atoms with E-state index >= 15 is 0 Å². The van der Waals surface area contributed by atoms with E-state index in [9.17, 15) is 8.42 Å². The second-order valence-electron chi connectivity index (χ2n) is 1.03. The molecule has 0 atom stereocenters. The highest BCUT2D eigenvalue weighted by molar-refractivity contribution is 7.97. The smallest absolute Gasteiger partial charge is 0.290 e. The Bertz CT molecular complexity index is 188. The third-order valence-electron chi connectivity index (χ3n) is 0.465. The quantitative estimate of drug-likeness (QED) is 0.599. The molecule has 4 nitrogen and oxygen atoms in total. The Kier molecular flexibility index (Phi) is 7.03. The molecule has 0 unspecified atom stereocenters. The first kappa shape index (κ1) is 11.7. The van der Waals surface area contributed by atoms with Crippen LogP contribution in [-0.2, 0) is 14.6 Å². The average Bonchev–Trinajstić information content (AvgIpc) is 1.90. The summed E-state index contributed by atoms with van der Waals surface area (Å²) in [5.74, 6) is 0. The molecule has 0 aromatic carbocycles. The molecule has 0 fully saturated rings. The first-order chi connectivity index (χ1) is 4.54. The van der Waals surface area contributed by atoms with E-state index in [4.69, 9.17) is 9.90 Å². The molecule has 0 heterocycles. The van der Waals surface area contributed by atoms with Gasteiger partial charge in [0.25, 0.3) is 6.47 Å². The van der Waals surface area contributed by atoms with Crippen molar-refractivity contribution in [3.63, 3.8) is 0 Å². The van der Waals surface area contributed by atoms with E-state index < -0.39 is 9.84 Å². The van der Waals surface area contributed by atoms with Crippen LogP contribution in [0.1, 0.15) is 0 Å². The van der Waals surface area contributed by atoms with Gasteiger partial charge in [0.1, 0.15) is 0 Å². The third-order valence-corrected chi connectivity index (χ3v) is 1.39. The van der Waals surface area contributed by atoms with Gasteiger partial charge in [0.15, 0.2) is 9.84 Å². The predicted molar refractivity (Wildman–Crippen MR) is 38.0 cm³/mol. The van der Waals surface area contributed by atoms with E-state index in [1.807, 2.05) is 0 Å². The molecule has 0 aromatic heterocycles. The first-order valence-corrected chi connectivity index (χ1v) is 3.72. The minimum atomic E-state index is -3.13. The zero-order chi connectivity index (χ0) is 8.62. The van der Waals surface area contributed by atoms with Gasteiger partial charge in [-0.15, -0.1) is 0 Å². The van der Waals surface area contributed by atoms with E-state index in [-0.39, 0.29) is 6.47 Å². The molecule has 5 heteroatoms. The lowest BCUT2D eigenvalue weighted by Crippen LogP contribution is -1.83. The summed E-state index contributed by atoms with van der Waals surface area (Å²) in [7, 11) is -3.13. The number of hydrogen-bond acceptors (Lipinski definition) is 3. The second kappa shape index (κ2) is 6.03. The van der Waals surface area contributed by atoms with Crippen LogP contribution in [0.25, 0.3) is 0 Å². The van der Waals surface area contributed by atoms with E-state index in [0.717, 1.165) is 10.8 Å². The van der Waals surface area contributed by atoms with E-state index in [1.165, 1.54) is 0 Å². The molecular formula is C5H8O4S. The normalized spacial score (nSPS) is 8.40. The summed E-state index contributed by atoms with van der Waals surface area (Å²) in [5, 5.41) is 8.58. The Labute approximate surface area is 59.4 Å². The van der Waals surface area contributed by atoms with Crippen LogP contribution in [0.3, 0.4) is 0 Å². The SMILES string of the molecule is C=CS(=O)(=O)C=C.O=CO. The summed E-state index contributed by atoms with van der Waals surface area (Å²) < 4.78 is 20.3. The highest BCUT2D eigenvalue weighted by atomic mass is 32.2. The fourth-order valence-corrected chi connectivity index (χ4v) is 0.204. The number of carbonyl (C=O) groups is 1. The lowest BCUT2D eigenvalue weighted by atomic mass is 11.3. The fourth-order valence-electron chi connectivity index (χ4n) is 0.0680. The molecule has 0 saturated carbocycles. The Morgan fingerprint density at radius 3 is 1.40 bits per heavy atom. The minimum Gasteiger partial charge on any atom is -0.483 e. The third kappa shape index (κ3) is 10.0. The average molecular weight is 164 g/mol. The summed E-state index contributed by atoms with van der Waals surface area (Å²) in [6.07, 6.45) is 0. The second-order valence-corrected chi connectivity index (χ2v) is 2.87. The van der Waals surface area contributed by atoms with E-state index in [2.05, 4.69) is 13.2 Å². The lowest BCUT2D eigenvalue weighted by Gasteiger charge is -1.78. The maximum absolute atomic E-state index is 10.1. The molecule has 1 N–H and O–H groups in total. The Morgan fingerprint density at radius 1 is 1.20 bits per heavy atom. The van der Waals surface area contributed by atoms with Crippen LogP contribution in [0, 0.1) is 0 Å². The van der Waals surface area contributed by atoms with Gasteiger partial charge in [-0.3, -0.25) is 4.79 Å². The van der Waals surface area contributed by atoms with Crippen LogP contribution < -0.4 is 0 Å². The van der Waals surface area contributed by atoms with Gasteiger partial charge in [-0.25, -0.2) is 8.42 Å². The summed E-state index contributed by atoms with van der Waals surface area (Å²) in [6, 6.07) is 0. The van der Waals surface area contributed by atoms with Gasteiger partial charge in [0.05, 0.1) is 0 Å². The minimum absolute atomic E-state index is 0.250. The molecule has 0 spiro atoms. The van der Waals surface area contributed by atoms with Gasteiger partial charge in [0.2, 0.25) is 0 Å². The summed E-state index contributed by atoms with van der Waals surface area (Å²) in [6.45, 7) is 5.84. The number of hydrogen-bond donors (Lipinski definition) is 1. The molecule has 0 radical (unpaired) electrons. The van der Waals surface area contributed by atoms with Crippen molar-refractivity contribution >= 4 is 16.3 Å². The van der Waals surface area contributed by atoms with Gasteiger partial charge in [-0.2, -0.15) is 0 Å². The van der Waals surface area contributed by atoms with Crippen molar-refractivity contribution in [1.29, 1.82) is 0 Å². The molecule has 0 bridgehead atoms. The van der Waals surface area contributed by atoms with Crippen molar-refractivity contribution in [2.75, 3.05) is 0 Å². The van der Waals surface area contributed by atoms with E-state index in [0.29, 0.717) is 0 Å². The molecule has 10 heavy (non-hydrogen) atoms. The fraction of sp³-hybridized carbons (Fsp3) is 0. The van der Waals surface area contributed by atoms with Crippen molar-refractivity contribution in [3.05, 3.63) is 24.0 Å². The van der Waals surface area contributed by atoms with Crippen LogP contribution in [0.2, 0.25) is 0 Å².